The summed E-state index contributed by atoms with van der Waals surface area (Å²) in [5, 5.41) is 12.3. The average Bonchev–Trinajstić information content (AvgIpc) is 3.26. The van der Waals surface area contributed by atoms with Crippen molar-refractivity contribution in [3.63, 3.8) is 0 Å². The smallest absolute Gasteiger partial charge is 0.416 e. The van der Waals surface area contributed by atoms with E-state index < -0.39 is 29.2 Å². The van der Waals surface area contributed by atoms with Crippen LogP contribution >= 0.6 is 0 Å². The molecule has 37 heavy (non-hydrogen) atoms. The third-order valence-electron chi connectivity index (χ3n) is 6.56. The summed E-state index contributed by atoms with van der Waals surface area (Å²) in [6.07, 6.45) is -4.69. The van der Waals surface area contributed by atoms with E-state index in [1.165, 1.54) is 18.2 Å². The van der Waals surface area contributed by atoms with Crippen LogP contribution in [-0.4, -0.2) is 11.1 Å². The van der Waals surface area contributed by atoms with Gasteiger partial charge < -0.3 is 19.7 Å². The minimum absolute atomic E-state index is 0.0236. The molecule has 0 amide bonds. The van der Waals surface area contributed by atoms with E-state index in [-0.39, 0.29) is 33.7 Å². The Hall–Kier alpha value is -4.27. The van der Waals surface area contributed by atoms with Gasteiger partial charge in [-0.3, -0.25) is 4.79 Å². The molecule has 1 unspecified atom stereocenters. The lowest BCUT2D eigenvalue weighted by Gasteiger charge is -2.22. The molecule has 0 bridgehead atoms. The van der Waals surface area contributed by atoms with Crippen LogP contribution in [0, 0.1) is 6.92 Å². The Morgan fingerprint density at radius 2 is 1.78 bits per heavy atom. The minimum atomic E-state index is -4.69. The molecule has 5 rings (SSSR count). The molecule has 0 fully saturated rings. The molecule has 1 atom stereocenters. The van der Waals surface area contributed by atoms with Crippen molar-refractivity contribution < 1.29 is 27.5 Å². The molecule has 0 saturated carbocycles. The quantitative estimate of drug-likeness (QED) is 0.320. The second kappa shape index (κ2) is 8.99. The number of nitrogens with one attached hydrogen (secondary N) is 1. The van der Waals surface area contributed by atoms with E-state index in [4.69, 9.17) is 4.42 Å². The maximum Gasteiger partial charge on any atom is 0.416 e. The van der Waals surface area contributed by atoms with Gasteiger partial charge in [-0.25, -0.2) is 4.79 Å². The number of carbonyl (C=O) groups is 1. The van der Waals surface area contributed by atoms with Crippen molar-refractivity contribution >= 4 is 28.5 Å². The SMILES string of the molecule is Cc1ccc2c(c1)CN(c1cc(=O)c3cc(C(F)(F)F)cc(C(C)Nc4ccccc4C(=O)O)c3o1)C2. The Kier molecular flexibility index (Phi) is 5.94. The topological polar surface area (TPSA) is 82.8 Å². The molecule has 1 aromatic heterocycles. The van der Waals surface area contributed by atoms with Crippen LogP contribution in [0.5, 0.6) is 0 Å². The number of anilines is 2. The van der Waals surface area contributed by atoms with Crippen molar-refractivity contribution in [1.82, 2.24) is 0 Å². The van der Waals surface area contributed by atoms with Crippen molar-refractivity contribution in [3.8, 4) is 0 Å². The maximum absolute atomic E-state index is 13.8. The molecule has 0 spiro atoms. The number of aromatic carboxylic acids is 1. The Morgan fingerprint density at radius 3 is 2.51 bits per heavy atom. The van der Waals surface area contributed by atoms with Crippen LogP contribution < -0.4 is 15.6 Å². The zero-order valence-electron chi connectivity index (χ0n) is 20.0. The summed E-state index contributed by atoms with van der Waals surface area (Å²) in [5.74, 6) is -0.924. The first-order valence-electron chi connectivity index (χ1n) is 11.6. The number of fused-ring (bicyclic) bond motifs is 2. The molecule has 1 aliphatic rings. The Bertz CT molecular complexity index is 1590. The number of para-hydroxylation sites is 1. The Morgan fingerprint density at radius 1 is 1.05 bits per heavy atom. The number of halogens is 3. The van der Waals surface area contributed by atoms with E-state index in [0.717, 1.165) is 28.8 Å². The molecule has 0 radical (unpaired) electrons. The number of nitrogens with zero attached hydrogens (tertiary/aromatic N) is 1. The van der Waals surface area contributed by atoms with E-state index >= 15 is 0 Å². The number of aryl methyl sites for hydroxylation is 1. The van der Waals surface area contributed by atoms with E-state index in [2.05, 4.69) is 11.4 Å². The van der Waals surface area contributed by atoms with Gasteiger partial charge in [-0.15, -0.1) is 0 Å². The van der Waals surface area contributed by atoms with Gasteiger partial charge >= 0.3 is 12.1 Å². The molecule has 3 aromatic carbocycles. The molecule has 1 aliphatic heterocycles. The first kappa shape index (κ1) is 24.4. The summed E-state index contributed by atoms with van der Waals surface area (Å²) in [6.45, 7) is 4.58. The van der Waals surface area contributed by atoms with Crippen LogP contribution in [0.15, 0.2) is 69.9 Å². The van der Waals surface area contributed by atoms with Gasteiger partial charge in [0.2, 0.25) is 5.88 Å². The fraction of sp³-hybridized carbons (Fsp3) is 0.214. The summed E-state index contributed by atoms with van der Waals surface area (Å²) in [4.78, 5) is 26.6. The summed E-state index contributed by atoms with van der Waals surface area (Å²) < 4.78 is 47.4. The highest BCUT2D eigenvalue weighted by molar-refractivity contribution is 5.94. The molecule has 2 N–H and O–H groups in total. The molecule has 0 saturated heterocycles. The van der Waals surface area contributed by atoms with Gasteiger partial charge in [0.15, 0.2) is 5.43 Å². The molecule has 6 nitrogen and oxygen atoms in total. The lowest BCUT2D eigenvalue weighted by Crippen LogP contribution is -2.18. The molecule has 9 heteroatoms. The summed E-state index contributed by atoms with van der Waals surface area (Å²) in [7, 11) is 0. The fourth-order valence-corrected chi connectivity index (χ4v) is 4.70. The van der Waals surface area contributed by atoms with Crippen LogP contribution in [0.25, 0.3) is 11.0 Å². The van der Waals surface area contributed by atoms with Gasteiger partial charge in [0, 0.05) is 30.4 Å². The van der Waals surface area contributed by atoms with Crippen LogP contribution in [0.3, 0.4) is 0 Å². The number of benzene rings is 3. The van der Waals surface area contributed by atoms with E-state index in [1.807, 2.05) is 24.0 Å². The number of hydrogen-bond donors (Lipinski definition) is 2. The van der Waals surface area contributed by atoms with E-state index in [0.29, 0.717) is 13.1 Å². The van der Waals surface area contributed by atoms with Gasteiger partial charge in [-0.05, 0) is 49.2 Å². The van der Waals surface area contributed by atoms with Gasteiger partial charge in [-0.1, -0.05) is 35.9 Å². The zero-order chi connectivity index (χ0) is 26.5. The Labute approximate surface area is 210 Å². The third-order valence-corrected chi connectivity index (χ3v) is 6.56. The summed E-state index contributed by atoms with van der Waals surface area (Å²) >= 11 is 0. The first-order valence-corrected chi connectivity index (χ1v) is 11.6. The van der Waals surface area contributed by atoms with E-state index in [1.54, 1.807) is 19.1 Å². The van der Waals surface area contributed by atoms with Crippen molar-refractivity contribution in [2.45, 2.75) is 39.2 Å². The van der Waals surface area contributed by atoms with Crippen LogP contribution in [0.2, 0.25) is 0 Å². The van der Waals surface area contributed by atoms with Gasteiger partial charge in [0.25, 0.3) is 0 Å². The lowest BCUT2D eigenvalue weighted by atomic mass is 10.00. The van der Waals surface area contributed by atoms with Gasteiger partial charge in [0.05, 0.1) is 22.6 Å². The number of rotatable bonds is 5. The average molecular weight is 508 g/mol. The molecule has 2 heterocycles. The largest absolute Gasteiger partial charge is 0.478 e. The van der Waals surface area contributed by atoms with Crippen molar-refractivity contribution in [2.24, 2.45) is 0 Å². The van der Waals surface area contributed by atoms with E-state index in [9.17, 15) is 27.9 Å². The van der Waals surface area contributed by atoms with Gasteiger partial charge in [0.1, 0.15) is 5.58 Å². The van der Waals surface area contributed by atoms with Gasteiger partial charge in [-0.2, -0.15) is 13.2 Å². The standard InChI is InChI=1S/C28H23F3N2O4/c1-15-7-8-17-13-33(14-18(17)9-15)25-12-24(34)22-11-19(28(29,30)31)10-21(26(22)37-25)16(2)32-23-6-4-3-5-20(23)27(35)36/h3-12,16,32H,13-14H2,1-2H3,(H,35,36). The van der Waals surface area contributed by atoms with Crippen LogP contribution in [0.4, 0.5) is 24.7 Å². The normalized spacial score (nSPS) is 14.0. The minimum Gasteiger partial charge on any atom is -0.478 e. The molecular formula is C28H23F3N2O4. The predicted molar refractivity (Wildman–Crippen MR) is 134 cm³/mol. The molecular weight excluding hydrogens is 485 g/mol. The number of hydrogen-bond acceptors (Lipinski definition) is 5. The molecule has 4 aromatic rings. The van der Waals surface area contributed by atoms with Crippen molar-refractivity contribution in [1.29, 1.82) is 0 Å². The highest BCUT2D eigenvalue weighted by Crippen LogP contribution is 2.37. The van der Waals surface area contributed by atoms with Crippen molar-refractivity contribution in [3.05, 3.63) is 104 Å². The third kappa shape index (κ3) is 4.64. The lowest BCUT2D eigenvalue weighted by molar-refractivity contribution is -0.137. The molecule has 190 valence electrons. The fourth-order valence-electron chi connectivity index (χ4n) is 4.70. The summed E-state index contributed by atoms with van der Waals surface area (Å²) in [5.41, 5.74) is 2.02. The number of carboxylic acid groups (broad SMARTS) is 1. The Balaban J connectivity index is 1.62. The summed E-state index contributed by atoms with van der Waals surface area (Å²) in [6, 6.07) is 14.3. The monoisotopic (exact) mass is 508 g/mol. The second-order valence-corrected chi connectivity index (χ2v) is 9.23. The predicted octanol–water partition coefficient (Wildman–Crippen LogP) is 6.51. The van der Waals surface area contributed by atoms with Crippen molar-refractivity contribution in [2.75, 3.05) is 10.2 Å². The number of carboxylic acids is 1. The van der Waals surface area contributed by atoms with Crippen LogP contribution in [-0.2, 0) is 19.3 Å². The second-order valence-electron chi connectivity index (χ2n) is 9.23. The maximum atomic E-state index is 13.8. The highest BCUT2D eigenvalue weighted by atomic mass is 19.4. The molecule has 0 aliphatic carbocycles. The number of alkyl halides is 3. The first-order chi connectivity index (χ1) is 17.5. The highest BCUT2D eigenvalue weighted by Gasteiger charge is 2.33. The van der Waals surface area contributed by atoms with Crippen LogP contribution in [0.1, 0.15) is 51.1 Å². The zero-order valence-corrected chi connectivity index (χ0v) is 20.0.